The minimum absolute atomic E-state index is 0.118. The van der Waals surface area contributed by atoms with E-state index in [1.807, 2.05) is 48.7 Å². The molecule has 0 aromatic carbocycles. The second-order valence-corrected chi connectivity index (χ2v) is 8.40. The number of carbonyl (C=O) groups excluding carboxylic acids is 1. The van der Waals surface area contributed by atoms with Gasteiger partial charge in [-0.15, -0.1) is 21.5 Å². The van der Waals surface area contributed by atoms with E-state index in [0.717, 1.165) is 22.1 Å². The van der Waals surface area contributed by atoms with Gasteiger partial charge in [0.1, 0.15) is 5.82 Å². The highest BCUT2D eigenvalue weighted by Gasteiger charge is 2.25. The van der Waals surface area contributed by atoms with Crippen LogP contribution in [0, 0.1) is 6.92 Å². The van der Waals surface area contributed by atoms with Crippen LogP contribution in [0.3, 0.4) is 0 Å². The van der Waals surface area contributed by atoms with Gasteiger partial charge in [-0.25, -0.2) is 4.98 Å². The highest BCUT2D eigenvalue weighted by atomic mass is 32.1. The van der Waals surface area contributed by atoms with Crippen LogP contribution >= 0.6 is 11.3 Å². The number of aryl methyl sites for hydroxylation is 1. The Bertz CT molecular complexity index is 1180. The molecule has 162 valence electrons. The largest absolute Gasteiger partial charge is 0.355 e. The third kappa shape index (κ3) is 4.30. The van der Waals surface area contributed by atoms with Crippen molar-refractivity contribution in [2.75, 3.05) is 36.4 Å². The first-order valence-electron chi connectivity index (χ1n) is 10.2. The molecule has 1 aliphatic heterocycles. The van der Waals surface area contributed by atoms with E-state index >= 15 is 0 Å². The van der Waals surface area contributed by atoms with Crippen LogP contribution in [0.1, 0.15) is 16.1 Å². The lowest BCUT2D eigenvalue weighted by Crippen LogP contribution is -2.49. The van der Waals surface area contributed by atoms with Gasteiger partial charge in [0.15, 0.2) is 23.1 Å². The van der Waals surface area contributed by atoms with E-state index in [9.17, 15) is 4.79 Å². The Morgan fingerprint density at radius 3 is 2.59 bits per heavy atom. The van der Waals surface area contributed by atoms with E-state index in [2.05, 4.69) is 30.6 Å². The summed E-state index contributed by atoms with van der Waals surface area (Å²) in [5.41, 5.74) is 1.43. The van der Waals surface area contributed by atoms with Gasteiger partial charge in [0.05, 0.1) is 4.88 Å². The van der Waals surface area contributed by atoms with Gasteiger partial charge in [-0.1, -0.05) is 17.3 Å². The number of rotatable bonds is 5. The number of anilines is 3. The predicted molar refractivity (Wildman–Crippen MR) is 122 cm³/mol. The average Bonchev–Trinajstić information content (AvgIpc) is 3.53. The Morgan fingerprint density at radius 1 is 1.06 bits per heavy atom. The number of piperazine rings is 1. The van der Waals surface area contributed by atoms with E-state index in [1.54, 1.807) is 28.5 Å². The second kappa shape index (κ2) is 8.75. The van der Waals surface area contributed by atoms with Crippen molar-refractivity contribution in [1.29, 1.82) is 0 Å². The molecule has 1 amide bonds. The van der Waals surface area contributed by atoms with Crippen LogP contribution in [0.2, 0.25) is 0 Å². The number of nitrogens with zero attached hydrogens (tertiary/aromatic N) is 6. The maximum absolute atomic E-state index is 12.8. The molecule has 1 fully saturated rings. The lowest BCUT2D eigenvalue weighted by molar-refractivity contribution is 0.0736. The van der Waals surface area contributed by atoms with Crippen LogP contribution in [0.15, 0.2) is 58.6 Å². The van der Waals surface area contributed by atoms with Crippen molar-refractivity contribution < 1.29 is 9.32 Å². The molecular formula is C22H21N7O2S. The summed E-state index contributed by atoms with van der Waals surface area (Å²) in [7, 11) is 0. The smallest absolute Gasteiger partial charge is 0.276 e. The minimum atomic E-state index is -0.118. The molecule has 10 heteroatoms. The van der Waals surface area contributed by atoms with Gasteiger partial charge < -0.3 is 19.6 Å². The van der Waals surface area contributed by atoms with Crippen molar-refractivity contribution in [1.82, 2.24) is 25.2 Å². The van der Waals surface area contributed by atoms with Crippen LogP contribution in [-0.2, 0) is 0 Å². The first-order chi connectivity index (χ1) is 15.7. The molecule has 5 rings (SSSR count). The molecule has 0 aliphatic carbocycles. The summed E-state index contributed by atoms with van der Waals surface area (Å²) in [6, 6.07) is 13.3. The quantitative estimate of drug-likeness (QED) is 0.495. The van der Waals surface area contributed by atoms with Crippen LogP contribution in [0.4, 0.5) is 17.5 Å². The zero-order chi connectivity index (χ0) is 21.9. The molecule has 32 heavy (non-hydrogen) atoms. The molecule has 0 radical (unpaired) electrons. The summed E-state index contributed by atoms with van der Waals surface area (Å²) in [6.07, 6.45) is 1.80. The van der Waals surface area contributed by atoms with Crippen LogP contribution in [0.25, 0.3) is 10.6 Å². The number of hydrogen-bond donors (Lipinski definition) is 1. The van der Waals surface area contributed by atoms with E-state index in [1.165, 1.54) is 0 Å². The molecule has 0 atom stereocenters. The molecule has 1 saturated heterocycles. The van der Waals surface area contributed by atoms with Gasteiger partial charge >= 0.3 is 0 Å². The molecule has 0 spiro atoms. The monoisotopic (exact) mass is 447 g/mol. The molecular weight excluding hydrogens is 426 g/mol. The van der Waals surface area contributed by atoms with Gasteiger partial charge in [-0.05, 0) is 42.1 Å². The summed E-state index contributed by atoms with van der Waals surface area (Å²) in [6.45, 7) is 4.49. The number of amides is 1. The van der Waals surface area contributed by atoms with Gasteiger partial charge in [-0.3, -0.25) is 4.79 Å². The number of nitrogens with one attached hydrogen (secondary N) is 1. The van der Waals surface area contributed by atoms with Crippen molar-refractivity contribution in [2.45, 2.75) is 6.92 Å². The number of carbonyl (C=O) groups is 1. The van der Waals surface area contributed by atoms with Crippen molar-refractivity contribution in [3.63, 3.8) is 0 Å². The third-order valence-corrected chi connectivity index (χ3v) is 6.09. The number of aromatic nitrogens is 4. The fourth-order valence-corrected chi connectivity index (χ4v) is 4.12. The van der Waals surface area contributed by atoms with Crippen molar-refractivity contribution in [3.8, 4) is 10.6 Å². The van der Waals surface area contributed by atoms with Crippen LogP contribution in [0.5, 0.6) is 0 Å². The van der Waals surface area contributed by atoms with Gasteiger partial charge in [0.2, 0.25) is 0 Å². The van der Waals surface area contributed by atoms with Crippen LogP contribution < -0.4 is 10.2 Å². The number of hydrogen-bond acceptors (Lipinski definition) is 9. The molecule has 4 aromatic heterocycles. The van der Waals surface area contributed by atoms with Gasteiger partial charge in [0.25, 0.3) is 5.91 Å². The summed E-state index contributed by atoms with van der Waals surface area (Å²) in [5.74, 6) is 2.63. The number of pyridine rings is 1. The SMILES string of the molecule is Cc1ccc(Nc2ccc(N3CCN(C(=O)c4cc(-c5cccs5)on4)CC3)nn2)nc1. The lowest BCUT2D eigenvalue weighted by Gasteiger charge is -2.34. The summed E-state index contributed by atoms with van der Waals surface area (Å²) in [4.78, 5) is 22.0. The van der Waals surface area contributed by atoms with Gasteiger partial charge in [-0.2, -0.15) is 0 Å². The third-order valence-electron chi connectivity index (χ3n) is 5.20. The Hall–Kier alpha value is -3.79. The Balaban J connectivity index is 1.17. The fourth-order valence-electron chi connectivity index (χ4n) is 3.45. The topological polar surface area (TPSA) is 100 Å². The van der Waals surface area contributed by atoms with E-state index < -0.39 is 0 Å². The van der Waals surface area contributed by atoms with Crippen molar-refractivity contribution in [2.24, 2.45) is 0 Å². The molecule has 5 heterocycles. The zero-order valence-corrected chi connectivity index (χ0v) is 18.2. The summed E-state index contributed by atoms with van der Waals surface area (Å²) in [5, 5.41) is 17.7. The standard InChI is InChI=1S/C22H21N7O2S/c1-15-4-5-19(23-14-15)24-20-6-7-21(26-25-20)28-8-10-29(11-9-28)22(30)16-13-17(31-27-16)18-3-2-12-32-18/h2-7,12-14H,8-11H2,1H3,(H,23,24,25). The predicted octanol–water partition coefficient (Wildman–Crippen LogP) is 3.60. The fraction of sp³-hybridized carbons (Fsp3) is 0.227. The molecule has 4 aromatic rings. The molecule has 0 unspecified atom stereocenters. The van der Waals surface area contributed by atoms with Gasteiger partial charge in [0, 0.05) is 38.4 Å². The lowest BCUT2D eigenvalue weighted by atomic mass is 10.2. The van der Waals surface area contributed by atoms with Crippen LogP contribution in [-0.4, -0.2) is 57.3 Å². The molecule has 1 aliphatic rings. The Labute approximate surface area is 188 Å². The highest BCUT2D eigenvalue weighted by molar-refractivity contribution is 7.13. The average molecular weight is 448 g/mol. The van der Waals surface area contributed by atoms with E-state index in [-0.39, 0.29) is 5.91 Å². The molecule has 0 bridgehead atoms. The summed E-state index contributed by atoms with van der Waals surface area (Å²) >= 11 is 1.55. The van der Waals surface area contributed by atoms with Crippen molar-refractivity contribution in [3.05, 3.63) is 65.3 Å². The van der Waals surface area contributed by atoms with Crippen molar-refractivity contribution >= 4 is 34.7 Å². The van der Waals surface area contributed by atoms with E-state index in [0.29, 0.717) is 43.5 Å². The maximum atomic E-state index is 12.8. The molecule has 1 N–H and O–H groups in total. The highest BCUT2D eigenvalue weighted by Crippen LogP contribution is 2.26. The number of thiophene rings is 1. The first kappa shape index (κ1) is 20.1. The maximum Gasteiger partial charge on any atom is 0.276 e. The molecule has 9 nitrogen and oxygen atoms in total. The zero-order valence-electron chi connectivity index (χ0n) is 17.4. The Kier molecular flexibility index (Phi) is 5.51. The normalized spacial score (nSPS) is 13.9. The second-order valence-electron chi connectivity index (χ2n) is 7.46. The Morgan fingerprint density at radius 2 is 1.91 bits per heavy atom. The van der Waals surface area contributed by atoms with E-state index in [4.69, 9.17) is 4.52 Å². The summed E-state index contributed by atoms with van der Waals surface area (Å²) < 4.78 is 5.34. The first-order valence-corrected chi connectivity index (χ1v) is 11.1. The minimum Gasteiger partial charge on any atom is -0.355 e. The molecule has 0 saturated carbocycles.